The molecule has 1 aliphatic rings. The van der Waals surface area contributed by atoms with Gasteiger partial charge in [0.05, 0.1) is 0 Å². The van der Waals surface area contributed by atoms with E-state index in [1.54, 1.807) is 24.3 Å². The van der Waals surface area contributed by atoms with Gasteiger partial charge in [-0.1, -0.05) is 6.07 Å². The Balaban J connectivity index is 1.43. The van der Waals surface area contributed by atoms with Crippen LogP contribution in [0.25, 0.3) is 0 Å². The highest BCUT2D eigenvalue weighted by Crippen LogP contribution is 2.20. The van der Waals surface area contributed by atoms with Gasteiger partial charge in [-0.15, -0.1) is 0 Å². The molecule has 1 unspecified atom stereocenters. The summed E-state index contributed by atoms with van der Waals surface area (Å²) in [6, 6.07) is 13.2. The molecule has 0 aliphatic carbocycles. The Kier molecular flexibility index (Phi) is 6.01. The SMILES string of the molecule is Cc1ccc(N2CCN(CC(O)COc3ccc(O)cc3)CC2)cc1C. The van der Waals surface area contributed by atoms with E-state index in [4.69, 9.17) is 4.74 Å². The lowest BCUT2D eigenvalue weighted by Crippen LogP contribution is -2.49. The molecule has 0 amide bonds. The van der Waals surface area contributed by atoms with Gasteiger partial charge in [-0.2, -0.15) is 0 Å². The molecule has 5 nitrogen and oxygen atoms in total. The molecule has 0 radical (unpaired) electrons. The van der Waals surface area contributed by atoms with Gasteiger partial charge in [0.1, 0.15) is 24.2 Å². The van der Waals surface area contributed by atoms with Crippen molar-refractivity contribution in [1.29, 1.82) is 0 Å². The Morgan fingerprint density at radius 3 is 2.31 bits per heavy atom. The zero-order chi connectivity index (χ0) is 18.5. The fraction of sp³-hybridized carbons (Fsp3) is 0.429. The Morgan fingerprint density at radius 2 is 1.65 bits per heavy atom. The van der Waals surface area contributed by atoms with E-state index in [2.05, 4.69) is 41.8 Å². The molecule has 2 aromatic carbocycles. The quantitative estimate of drug-likeness (QED) is 0.833. The van der Waals surface area contributed by atoms with Crippen molar-refractivity contribution in [2.24, 2.45) is 0 Å². The number of aromatic hydroxyl groups is 1. The molecular weight excluding hydrogens is 328 g/mol. The number of nitrogens with zero attached hydrogens (tertiary/aromatic N) is 2. The van der Waals surface area contributed by atoms with Crippen LogP contribution in [0, 0.1) is 13.8 Å². The van der Waals surface area contributed by atoms with E-state index in [0.717, 1.165) is 26.2 Å². The van der Waals surface area contributed by atoms with E-state index >= 15 is 0 Å². The number of rotatable bonds is 6. The fourth-order valence-electron chi connectivity index (χ4n) is 3.20. The first-order valence-corrected chi connectivity index (χ1v) is 9.16. The number of aryl methyl sites for hydroxylation is 2. The van der Waals surface area contributed by atoms with Crippen LogP contribution >= 0.6 is 0 Å². The van der Waals surface area contributed by atoms with Crippen molar-refractivity contribution in [2.45, 2.75) is 20.0 Å². The number of β-amino-alcohol motifs (C(OH)–C–C–N with tert-alkyl or cyclic N) is 1. The van der Waals surface area contributed by atoms with Crippen molar-refractivity contribution in [3.8, 4) is 11.5 Å². The van der Waals surface area contributed by atoms with Crippen molar-refractivity contribution in [1.82, 2.24) is 4.90 Å². The van der Waals surface area contributed by atoms with Crippen LogP contribution < -0.4 is 9.64 Å². The molecule has 2 N–H and O–H groups in total. The molecule has 1 saturated heterocycles. The van der Waals surface area contributed by atoms with Crippen molar-refractivity contribution >= 4 is 5.69 Å². The zero-order valence-electron chi connectivity index (χ0n) is 15.6. The standard InChI is InChI=1S/C21H28N2O3/c1-16-3-4-18(13-17(16)2)23-11-9-22(10-12-23)14-20(25)15-26-21-7-5-19(24)6-8-21/h3-8,13,20,24-25H,9-12,14-15H2,1-2H3. The van der Waals surface area contributed by atoms with Crippen LogP contribution in [0.15, 0.2) is 42.5 Å². The predicted molar refractivity (Wildman–Crippen MR) is 104 cm³/mol. The molecule has 0 bridgehead atoms. The summed E-state index contributed by atoms with van der Waals surface area (Å²) < 4.78 is 5.58. The average Bonchev–Trinajstić information content (AvgIpc) is 2.64. The van der Waals surface area contributed by atoms with Gasteiger partial charge in [-0.05, 0) is 61.4 Å². The highest BCUT2D eigenvalue weighted by Gasteiger charge is 2.20. The van der Waals surface area contributed by atoms with E-state index in [1.165, 1.54) is 16.8 Å². The highest BCUT2D eigenvalue weighted by atomic mass is 16.5. The Labute approximate surface area is 155 Å². The van der Waals surface area contributed by atoms with Gasteiger partial charge in [0.2, 0.25) is 0 Å². The third-order valence-electron chi connectivity index (χ3n) is 4.98. The molecule has 5 heteroatoms. The molecule has 0 aromatic heterocycles. The Morgan fingerprint density at radius 1 is 0.962 bits per heavy atom. The number of aliphatic hydroxyl groups excluding tert-OH is 1. The lowest BCUT2D eigenvalue weighted by atomic mass is 10.1. The van der Waals surface area contributed by atoms with Gasteiger partial charge >= 0.3 is 0 Å². The van der Waals surface area contributed by atoms with Crippen LogP contribution in [0.3, 0.4) is 0 Å². The number of phenolic OH excluding ortho intramolecular Hbond substituents is 1. The van der Waals surface area contributed by atoms with E-state index in [1.807, 2.05) is 0 Å². The number of hydrogen-bond acceptors (Lipinski definition) is 5. The normalized spacial score (nSPS) is 16.5. The molecule has 1 heterocycles. The number of benzene rings is 2. The van der Waals surface area contributed by atoms with Gasteiger partial charge < -0.3 is 19.8 Å². The fourth-order valence-corrected chi connectivity index (χ4v) is 3.20. The first-order valence-electron chi connectivity index (χ1n) is 9.16. The predicted octanol–water partition coefficient (Wildman–Crippen LogP) is 2.57. The van der Waals surface area contributed by atoms with E-state index in [0.29, 0.717) is 12.3 Å². The lowest BCUT2D eigenvalue weighted by Gasteiger charge is -2.37. The number of hydrogen-bond donors (Lipinski definition) is 2. The molecule has 140 valence electrons. The molecule has 1 atom stereocenters. The van der Waals surface area contributed by atoms with Crippen LogP contribution in [0.4, 0.5) is 5.69 Å². The van der Waals surface area contributed by atoms with Gasteiger partial charge in [0, 0.05) is 38.4 Å². The van der Waals surface area contributed by atoms with Gasteiger partial charge in [-0.3, -0.25) is 4.90 Å². The average molecular weight is 356 g/mol. The topological polar surface area (TPSA) is 56.2 Å². The van der Waals surface area contributed by atoms with Crippen LogP contribution in [0.1, 0.15) is 11.1 Å². The summed E-state index contributed by atoms with van der Waals surface area (Å²) in [7, 11) is 0. The number of piperazine rings is 1. The van der Waals surface area contributed by atoms with Crippen molar-refractivity contribution in [3.05, 3.63) is 53.6 Å². The molecule has 0 saturated carbocycles. The van der Waals surface area contributed by atoms with Crippen molar-refractivity contribution in [3.63, 3.8) is 0 Å². The van der Waals surface area contributed by atoms with Crippen molar-refractivity contribution in [2.75, 3.05) is 44.2 Å². The first-order chi connectivity index (χ1) is 12.5. The molecule has 26 heavy (non-hydrogen) atoms. The minimum Gasteiger partial charge on any atom is -0.508 e. The Hall–Kier alpha value is -2.24. The monoisotopic (exact) mass is 356 g/mol. The molecule has 1 aliphatic heterocycles. The van der Waals surface area contributed by atoms with Crippen LogP contribution in [-0.4, -0.2) is 60.5 Å². The van der Waals surface area contributed by atoms with E-state index in [9.17, 15) is 10.2 Å². The second-order valence-electron chi connectivity index (χ2n) is 7.01. The third kappa shape index (κ3) is 4.90. The molecule has 1 fully saturated rings. The second kappa shape index (κ2) is 8.43. The minimum absolute atomic E-state index is 0.208. The lowest BCUT2D eigenvalue weighted by molar-refractivity contribution is 0.0663. The number of anilines is 1. The molecule has 0 spiro atoms. The largest absolute Gasteiger partial charge is 0.508 e. The summed E-state index contributed by atoms with van der Waals surface area (Å²) in [6.45, 7) is 8.95. The number of ether oxygens (including phenoxy) is 1. The molecule has 2 aromatic rings. The maximum absolute atomic E-state index is 10.2. The summed E-state index contributed by atoms with van der Waals surface area (Å²) in [5.41, 5.74) is 3.93. The second-order valence-corrected chi connectivity index (χ2v) is 7.01. The van der Waals surface area contributed by atoms with E-state index < -0.39 is 6.10 Å². The number of aliphatic hydroxyl groups is 1. The molecular formula is C21H28N2O3. The maximum atomic E-state index is 10.2. The number of phenols is 1. The third-order valence-corrected chi connectivity index (χ3v) is 4.98. The highest BCUT2D eigenvalue weighted by molar-refractivity contribution is 5.51. The smallest absolute Gasteiger partial charge is 0.119 e. The minimum atomic E-state index is -0.531. The summed E-state index contributed by atoms with van der Waals surface area (Å²) in [5, 5.41) is 19.5. The first kappa shape index (κ1) is 18.5. The van der Waals surface area contributed by atoms with Gasteiger partial charge in [-0.25, -0.2) is 0 Å². The van der Waals surface area contributed by atoms with Crippen LogP contribution in [-0.2, 0) is 0 Å². The van der Waals surface area contributed by atoms with Crippen LogP contribution in [0.2, 0.25) is 0 Å². The summed E-state index contributed by atoms with van der Waals surface area (Å²) in [6.07, 6.45) is -0.531. The van der Waals surface area contributed by atoms with Gasteiger partial charge in [0.25, 0.3) is 0 Å². The maximum Gasteiger partial charge on any atom is 0.119 e. The van der Waals surface area contributed by atoms with Crippen LogP contribution in [0.5, 0.6) is 11.5 Å². The van der Waals surface area contributed by atoms with Crippen molar-refractivity contribution < 1.29 is 14.9 Å². The summed E-state index contributed by atoms with van der Waals surface area (Å²) in [5.74, 6) is 0.862. The Bertz CT molecular complexity index is 710. The van der Waals surface area contributed by atoms with E-state index in [-0.39, 0.29) is 12.4 Å². The molecule has 3 rings (SSSR count). The zero-order valence-corrected chi connectivity index (χ0v) is 15.6. The summed E-state index contributed by atoms with van der Waals surface area (Å²) >= 11 is 0. The summed E-state index contributed by atoms with van der Waals surface area (Å²) in [4.78, 5) is 4.69. The van der Waals surface area contributed by atoms with Gasteiger partial charge in [0.15, 0.2) is 0 Å².